The van der Waals surface area contributed by atoms with Crippen LogP contribution >= 0.6 is 27.5 Å². The van der Waals surface area contributed by atoms with Crippen molar-refractivity contribution in [3.8, 4) is 5.75 Å². The van der Waals surface area contributed by atoms with Gasteiger partial charge in [-0.3, -0.25) is 0 Å². The van der Waals surface area contributed by atoms with E-state index in [1.54, 1.807) is 0 Å². The van der Waals surface area contributed by atoms with Gasteiger partial charge in [-0.25, -0.2) is 9.59 Å². The zero-order valence-electron chi connectivity index (χ0n) is 8.18. The normalized spacial score (nSPS) is 11.1. The van der Waals surface area contributed by atoms with Gasteiger partial charge >= 0.3 is 11.9 Å². The fourth-order valence-electron chi connectivity index (χ4n) is 0.923. The Balaban J connectivity index is 3.02. The minimum atomic E-state index is -1.48. The molecule has 0 spiro atoms. The molecule has 0 saturated carbocycles. The molecule has 17 heavy (non-hydrogen) atoms. The summed E-state index contributed by atoms with van der Waals surface area (Å²) in [6.45, 7) is 0. The van der Waals surface area contributed by atoms with Gasteiger partial charge in [-0.1, -0.05) is 11.6 Å². The van der Waals surface area contributed by atoms with E-state index in [4.69, 9.17) is 26.6 Å². The highest BCUT2D eigenvalue weighted by atomic mass is 79.9. The largest absolute Gasteiger partial charge is 0.478 e. The molecule has 7 heteroatoms. The van der Waals surface area contributed by atoms with Crippen molar-refractivity contribution < 1.29 is 24.5 Å². The van der Waals surface area contributed by atoms with Gasteiger partial charge in [0, 0.05) is 5.02 Å². The third-order valence-electron chi connectivity index (χ3n) is 1.58. The molecule has 90 valence electrons. The number of halogens is 2. The fraction of sp³-hybridized carbons (Fsp3) is 0. The van der Waals surface area contributed by atoms with Crippen LogP contribution in [-0.4, -0.2) is 22.2 Å². The number of hydrogen-bond acceptors (Lipinski definition) is 3. The van der Waals surface area contributed by atoms with E-state index in [2.05, 4.69) is 15.9 Å². The Morgan fingerprint density at radius 1 is 1.35 bits per heavy atom. The molecule has 0 amide bonds. The first-order valence-corrected chi connectivity index (χ1v) is 5.38. The number of rotatable bonds is 4. The summed E-state index contributed by atoms with van der Waals surface area (Å²) in [7, 11) is 0. The number of ether oxygens (including phenoxy) is 1. The lowest BCUT2D eigenvalue weighted by Crippen LogP contribution is -2.10. The molecule has 0 aliphatic heterocycles. The second kappa shape index (κ2) is 5.70. The van der Waals surface area contributed by atoms with E-state index in [9.17, 15) is 9.59 Å². The minimum Gasteiger partial charge on any atom is -0.478 e. The highest BCUT2D eigenvalue weighted by Gasteiger charge is 2.14. The van der Waals surface area contributed by atoms with E-state index in [-0.39, 0.29) is 5.75 Å². The van der Waals surface area contributed by atoms with Crippen molar-refractivity contribution in [2.24, 2.45) is 0 Å². The smallest absolute Gasteiger partial charge is 0.372 e. The average Bonchev–Trinajstić information content (AvgIpc) is 2.19. The van der Waals surface area contributed by atoms with Gasteiger partial charge < -0.3 is 14.9 Å². The summed E-state index contributed by atoms with van der Waals surface area (Å²) in [5.41, 5.74) is 0. The van der Waals surface area contributed by atoms with Crippen LogP contribution in [0.15, 0.2) is 34.5 Å². The minimum absolute atomic E-state index is 0.157. The lowest BCUT2D eigenvalue weighted by Gasteiger charge is -2.07. The zero-order chi connectivity index (χ0) is 13.0. The third kappa shape index (κ3) is 4.08. The maximum atomic E-state index is 10.7. The predicted octanol–water partition coefficient (Wildman–Crippen LogP) is 2.53. The molecule has 0 radical (unpaired) electrons. The zero-order valence-corrected chi connectivity index (χ0v) is 10.5. The van der Waals surface area contributed by atoms with Crippen LogP contribution in [0.2, 0.25) is 5.02 Å². The van der Waals surface area contributed by atoms with Crippen molar-refractivity contribution in [3.63, 3.8) is 0 Å². The molecule has 0 heterocycles. The summed E-state index contributed by atoms with van der Waals surface area (Å²) in [6.07, 6.45) is 0.462. The SMILES string of the molecule is O=C(O)C=C(Oc1ccc(Cl)cc1Br)C(=O)O. The molecule has 5 nitrogen and oxygen atoms in total. The van der Waals surface area contributed by atoms with E-state index in [1.807, 2.05) is 0 Å². The highest BCUT2D eigenvalue weighted by Crippen LogP contribution is 2.29. The van der Waals surface area contributed by atoms with Gasteiger partial charge in [-0.05, 0) is 34.1 Å². The van der Waals surface area contributed by atoms with Gasteiger partial charge in [0.05, 0.1) is 10.5 Å². The Morgan fingerprint density at radius 2 is 2.00 bits per heavy atom. The lowest BCUT2D eigenvalue weighted by atomic mass is 10.3. The molecule has 0 atom stereocenters. The summed E-state index contributed by atoms with van der Waals surface area (Å²) in [4.78, 5) is 21.1. The van der Waals surface area contributed by atoms with Crippen molar-refractivity contribution >= 4 is 39.5 Å². The maximum Gasteiger partial charge on any atom is 0.372 e. The van der Waals surface area contributed by atoms with Crippen LogP contribution in [-0.2, 0) is 9.59 Å². The second-order valence-corrected chi connectivity index (χ2v) is 4.12. The predicted molar refractivity (Wildman–Crippen MR) is 63.1 cm³/mol. The Labute approximate surface area is 109 Å². The molecule has 0 saturated heterocycles. The van der Waals surface area contributed by atoms with E-state index in [0.717, 1.165) is 0 Å². The maximum absolute atomic E-state index is 10.7. The van der Waals surface area contributed by atoms with Crippen LogP contribution in [0.3, 0.4) is 0 Å². The number of carboxylic acid groups (broad SMARTS) is 2. The molecule has 0 bridgehead atoms. The van der Waals surface area contributed by atoms with Gasteiger partial charge in [0.2, 0.25) is 5.76 Å². The van der Waals surface area contributed by atoms with E-state index in [0.29, 0.717) is 15.6 Å². The highest BCUT2D eigenvalue weighted by molar-refractivity contribution is 9.10. The quantitative estimate of drug-likeness (QED) is 0.657. The van der Waals surface area contributed by atoms with Gasteiger partial charge in [0.15, 0.2) is 0 Å². The van der Waals surface area contributed by atoms with Gasteiger partial charge in [-0.2, -0.15) is 0 Å². The Hall–Kier alpha value is -1.53. The van der Waals surface area contributed by atoms with Crippen LogP contribution < -0.4 is 4.74 Å². The fourth-order valence-corrected chi connectivity index (χ4v) is 1.69. The average molecular weight is 322 g/mol. The Bertz CT molecular complexity index is 497. The van der Waals surface area contributed by atoms with E-state index in [1.165, 1.54) is 18.2 Å². The summed E-state index contributed by atoms with van der Waals surface area (Å²) in [5.74, 6) is -3.42. The van der Waals surface area contributed by atoms with Gasteiger partial charge in [-0.15, -0.1) is 0 Å². The van der Waals surface area contributed by atoms with Crippen LogP contribution in [0.4, 0.5) is 0 Å². The van der Waals surface area contributed by atoms with Crippen LogP contribution in [0, 0.1) is 0 Å². The molecule has 1 aromatic carbocycles. The van der Waals surface area contributed by atoms with Crippen molar-refractivity contribution in [1.29, 1.82) is 0 Å². The summed E-state index contributed by atoms with van der Waals surface area (Å²) in [5, 5.41) is 17.6. The number of hydrogen-bond donors (Lipinski definition) is 2. The monoisotopic (exact) mass is 320 g/mol. The van der Waals surface area contributed by atoms with Crippen molar-refractivity contribution in [2.45, 2.75) is 0 Å². The molecule has 1 aromatic rings. The summed E-state index contributed by atoms with van der Waals surface area (Å²) < 4.78 is 5.37. The lowest BCUT2D eigenvalue weighted by molar-refractivity contribution is -0.137. The summed E-state index contributed by atoms with van der Waals surface area (Å²) >= 11 is 8.80. The van der Waals surface area contributed by atoms with Crippen molar-refractivity contribution in [1.82, 2.24) is 0 Å². The number of carboxylic acids is 2. The molecular weight excluding hydrogens is 315 g/mol. The van der Waals surface area contributed by atoms with Crippen LogP contribution in [0.5, 0.6) is 5.75 Å². The molecule has 0 aliphatic rings. The molecule has 1 rings (SSSR count). The summed E-state index contributed by atoms with van der Waals surface area (Å²) in [6, 6.07) is 4.41. The standard InChI is InChI=1S/C10H6BrClO5/c11-6-3-5(12)1-2-7(6)17-8(10(15)16)4-9(13)14/h1-4H,(H,13,14)(H,15,16). The molecule has 0 unspecified atom stereocenters. The molecule has 0 aromatic heterocycles. The third-order valence-corrected chi connectivity index (χ3v) is 2.43. The van der Waals surface area contributed by atoms with Crippen LogP contribution in [0.25, 0.3) is 0 Å². The Morgan fingerprint density at radius 3 is 2.47 bits per heavy atom. The number of benzene rings is 1. The molecular formula is C10H6BrClO5. The topological polar surface area (TPSA) is 83.8 Å². The van der Waals surface area contributed by atoms with E-state index < -0.39 is 17.7 Å². The first kappa shape index (κ1) is 13.5. The second-order valence-electron chi connectivity index (χ2n) is 2.83. The van der Waals surface area contributed by atoms with Gasteiger partial charge in [0.1, 0.15) is 5.75 Å². The first-order chi connectivity index (χ1) is 7.90. The van der Waals surface area contributed by atoms with Gasteiger partial charge in [0.25, 0.3) is 0 Å². The number of carbonyl (C=O) groups is 2. The Kier molecular flexibility index (Phi) is 4.53. The first-order valence-electron chi connectivity index (χ1n) is 4.21. The number of aliphatic carboxylic acids is 2. The molecule has 0 fully saturated rings. The van der Waals surface area contributed by atoms with Crippen molar-refractivity contribution in [2.75, 3.05) is 0 Å². The van der Waals surface area contributed by atoms with Crippen LogP contribution in [0.1, 0.15) is 0 Å². The van der Waals surface area contributed by atoms with E-state index >= 15 is 0 Å². The molecule has 0 aliphatic carbocycles. The molecule has 2 N–H and O–H groups in total. The van der Waals surface area contributed by atoms with Crippen molar-refractivity contribution in [3.05, 3.63) is 39.5 Å².